The van der Waals surface area contributed by atoms with E-state index < -0.39 is 11.7 Å². The summed E-state index contributed by atoms with van der Waals surface area (Å²) in [7, 11) is 0. The van der Waals surface area contributed by atoms with E-state index in [1.54, 1.807) is 0 Å². The topological polar surface area (TPSA) is 69.1 Å². The maximum Gasteiger partial charge on any atom is 0.416 e. The van der Waals surface area contributed by atoms with E-state index in [9.17, 15) is 18.0 Å². The second-order valence-electron chi connectivity index (χ2n) is 7.81. The summed E-state index contributed by atoms with van der Waals surface area (Å²) in [6, 6.07) is 5.26. The fourth-order valence-electron chi connectivity index (χ4n) is 3.18. The van der Waals surface area contributed by atoms with Crippen LogP contribution in [0.25, 0.3) is 0 Å². The number of halogens is 3. The molecule has 0 aliphatic carbocycles. The number of rotatable bonds is 8. The first kappa shape index (κ1) is 25.7. The Morgan fingerprint density at radius 3 is 2.27 bits per heavy atom. The fourth-order valence-corrected chi connectivity index (χ4v) is 3.18. The lowest BCUT2D eigenvalue weighted by atomic mass is 9.90. The maximum absolute atomic E-state index is 12.3. The Labute approximate surface area is 177 Å². The third-order valence-corrected chi connectivity index (χ3v) is 5.25. The van der Waals surface area contributed by atoms with Crippen molar-refractivity contribution in [2.75, 3.05) is 5.73 Å². The molecule has 0 aliphatic heterocycles. The number of nitrogen functional groups attached to an aromatic ring is 1. The Bertz CT molecular complexity index is 800. The number of aryl methyl sites for hydroxylation is 1. The molecular weight excluding hydrogens is 393 g/mol. The molecule has 7 heteroatoms. The Morgan fingerprint density at radius 2 is 1.83 bits per heavy atom. The predicted molar refractivity (Wildman–Crippen MR) is 113 cm³/mol. The SMILES string of the molecule is CC(=O)c1ccc(C(F)(F)F)c(C)c1.CCCC(CC[C@H](C)CC)c1cc(N)on1. The molecule has 0 amide bonds. The molecule has 0 saturated heterocycles. The average molecular weight is 427 g/mol. The first-order valence-electron chi connectivity index (χ1n) is 10.4. The highest BCUT2D eigenvalue weighted by molar-refractivity contribution is 5.94. The normalized spacial score (nSPS) is 13.3. The molecule has 1 unspecified atom stereocenters. The van der Waals surface area contributed by atoms with Crippen LogP contribution in [0, 0.1) is 12.8 Å². The molecule has 2 N–H and O–H groups in total. The quantitative estimate of drug-likeness (QED) is 0.454. The van der Waals surface area contributed by atoms with Crippen molar-refractivity contribution in [3.8, 4) is 0 Å². The highest BCUT2D eigenvalue weighted by atomic mass is 19.4. The van der Waals surface area contributed by atoms with Gasteiger partial charge in [0.2, 0.25) is 5.88 Å². The first-order valence-corrected chi connectivity index (χ1v) is 10.4. The van der Waals surface area contributed by atoms with Crippen LogP contribution in [-0.2, 0) is 6.18 Å². The van der Waals surface area contributed by atoms with Gasteiger partial charge in [-0.2, -0.15) is 13.2 Å². The van der Waals surface area contributed by atoms with Crippen molar-refractivity contribution in [1.29, 1.82) is 0 Å². The Morgan fingerprint density at radius 1 is 1.17 bits per heavy atom. The Balaban J connectivity index is 0.000000303. The molecule has 2 atom stereocenters. The van der Waals surface area contributed by atoms with Gasteiger partial charge in [0.25, 0.3) is 0 Å². The van der Waals surface area contributed by atoms with Gasteiger partial charge in [0.1, 0.15) is 0 Å². The van der Waals surface area contributed by atoms with E-state index in [0.29, 0.717) is 17.4 Å². The molecule has 2 rings (SSSR count). The van der Waals surface area contributed by atoms with Crippen molar-refractivity contribution in [1.82, 2.24) is 5.16 Å². The van der Waals surface area contributed by atoms with E-state index in [4.69, 9.17) is 10.3 Å². The number of Topliss-reactive ketones (excluding diaryl/α,β-unsaturated/α-hetero) is 1. The van der Waals surface area contributed by atoms with Crippen molar-refractivity contribution >= 4 is 11.7 Å². The van der Waals surface area contributed by atoms with Crippen molar-refractivity contribution < 1.29 is 22.5 Å². The molecule has 0 bridgehead atoms. The summed E-state index contributed by atoms with van der Waals surface area (Å²) < 4.78 is 41.8. The van der Waals surface area contributed by atoms with Gasteiger partial charge in [-0.25, -0.2) is 0 Å². The van der Waals surface area contributed by atoms with Crippen molar-refractivity contribution in [2.45, 2.75) is 78.8 Å². The third kappa shape index (κ3) is 8.20. The van der Waals surface area contributed by atoms with Gasteiger partial charge in [0, 0.05) is 17.5 Å². The van der Waals surface area contributed by atoms with E-state index in [-0.39, 0.29) is 11.3 Å². The van der Waals surface area contributed by atoms with Crippen LogP contribution in [0.3, 0.4) is 0 Å². The molecule has 1 aromatic heterocycles. The minimum Gasteiger partial charge on any atom is -0.368 e. The minimum atomic E-state index is -4.35. The van der Waals surface area contributed by atoms with Crippen LogP contribution in [0.1, 0.15) is 92.9 Å². The number of anilines is 1. The van der Waals surface area contributed by atoms with Gasteiger partial charge in [0.05, 0.1) is 11.3 Å². The van der Waals surface area contributed by atoms with E-state index >= 15 is 0 Å². The van der Waals surface area contributed by atoms with Crippen molar-refractivity contribution in [3.63, 3.8) is 0 Å². The number of carbonyl (C=O) groups excluding carboxylic acids is 1. The second kappa shape index (κ2) is 11.8. The van der Waals surface area contributed by atoms with Gasteiger partial charge in [-0.1, -0.05) is 51.3 Å². The Kier molecular flexibility index (Phi) is 10.1. The van der Waals surface area contributed by atoms with Crippen LogP contribution in [0.15, 0.2) is 28.8 Å². The van der Waals surface area contributed by atoms with Crippen LogP contribution in [0.4, 0.5) is 19.1 Å². The van der Waals surface area contributed by atoms with Crippen LogP contribution in [0.5, 0.6) is 0 Å². The second-order valence-corrected chi connectivity index (χ2v) is 7.81. The molecule has 1 aromatic carbocycles. The number of nitrogens with zero attached hydrogens (tertiary/aromatic N) is 1. The van der Waals surface area contributed by atoms with Crippen LogP contribution >= 0.6 is 0 Å². The zero-order valence-electron chi connectivity index (χ0n) is 18.5. The lowest BCUT2D eigenvalue weighted by Crippen LogP contribution is -2.08. The maximum atomic E-state index is 12.3. The molecule has 2 aromatic rings. The summed E-state index contributed by atoms with van der Waals surface area (Å²) in [5.74, 6) is 1.50. The molecule has 30 heavy (non-hydrogen) atoms. The predicted octanol–water partition coefficient (Wildman–Crippen LogP) is 7.18. The summed E-state index contributed by atoms with van der Waals surface area (Å²) in [4.78, 5) is 10.9. The largest absolute Gasteiger partial charge is 0.416 e. The zero-order valence-corrected chi connectivity index (χ0v) is 18.5. The lowest BCUT2D eigenvalue weighted by molar-refractivity contribution is -0.138. The van der Waals surface area contributed by atoms with E-state index in [2.05, 4.69) is 25.9 Å². The van der Waals surface area contributed by atoms with Gasteiger partial charge in [-0.3, -0.25) is 4.79 Å². The number of benzene rings is 1. The standard InChI is InChI=1S/C13H24N2O.C10H9F3O/c1-4-6-11(8-7-10(3)5-2)12-9-13(14)16-15-12;1-6-5-8(7(2)14)3-4-9(6)10(11,12)13/h9-11H,4-8,14H2,1-3H3;3-5H,1-2H3/t10-,11?;/m1./s1. The van der Waals surface area contributed by atoms with Gasteiger partial charge in [0.15, 0.2) is 5.78 Å². The van der Waals surface area contributed by atoms with E-state index in [0.717, 1.165) is 17.7 Å². The smallest absolute Gasteiger partial charge is 0.368 e. The molecule has 0 aliphatic rings. The van der Waals surface area contributed by atoms with Crippen LogP contribution in [-0.4, -0.2) is 10.9 Å². The van der Waals surface area contributed by atoms with Crippen LogP contribution < -0.4 is 5.73 Å². The van der Waals surface area contributed by atoms with Crippen LogP contribution in [0.2, 0.25) is 0 Å². The average Bonchev–Trinajstić information content (AvgIpc) is 3.10. The number of hydrogen-bond acceptors (Lipinski definition) is 4. The molecule has 0 spiro atoms. The number of ketones is 1. The van der Waals surface area contributed by atoms with Crippen molar-refractivity contribution in [2.24, 2.45) is 5.92 Å². The zero-order chi connectivity index (χ0) is 22.9. The molecular formula is C23H33F3N2O2. The number of carbonyl (C=O) groups is 1. The minimum absolute atomic E-state index is 0.0743. The van der Waals surface area contributed by atoms with E-state index in [1.807, 2.05) is 6.07 Å². The number of alkyl halides is 3. The molecule has 0 saturated carbocycles. The number of hydrogen-bond donors (Lipinski definition) is 1. The highest BCUT2D eigenvalue weighted by Gasteiger charge is 2.32. The third-order valence-electron chi connectivity index (χ3n) is 5.25. The number of nitrogens with two attached hydrogens (primary N) is 1. The molecule has 1 heterocycles. The summed E-state index contributed by atoms with van der Waals surface area (Å²) >= 11 is 0. The Hall–Kier alpha value is -2.31. The summed E-state index contributed by atoms with van der Waals surface area (Å²) in [5, 5.41) is 4.04. The van der Waals surface area contributed by atoms with Gasteiger partial charge >= 0.3 is 6.18 Å². The van der Waals surface area contributed by atoms with Crippen molar-refractivity contribution in [3.05, 3.63) is 46.6 Å². The van der Waals surface area contributed by atoms with Gasteiger partial charge in [-0.05, 0) is 50.3 Å². The summed E-state index contributed by atoms with van der Waals surface area (Å²) in [5.41, 5.74) is 6.28. The van der Waals surface area contributed by atoms with E-state index in [1.165, 1.54) is 58.1 Å². The number of aromatic nitrogens is 1. The van der Waals surface area contributed by atoms with Gasteiger partial charge < -0.3 is 10.3 Å². The first-order chi connectivity index (χ1) is 14.0. The monoisotopic (exact) mass is 426 g/mol. The summed E-state index contributed by atoms with van der Waals surface area (Å²) in [6.07, 6.45) is 1.70. The molecule has 168 valence electrons. The lowest BCUT2D eigenvalue weighted by Gasteiger charge is -2.15. The summed E-state index contributed by atoms with van der Waals surface area (Å²) in [6.45, 7) is 9.42. The highest BCUT2D eigenvalue weighted by Crippen LogP contribution is 2.32. The molecule has 4 nitrogen and oxygen atoms in total. The molecule has 0 radical (unpaired) electrons. The fraction of sp³-hybridized carbons (Fsp3) is 0.565. The van der Waals surface area contributed by atoms with Gasteiger partial charge in [-0.15, -0.1) is 0 Å². The molecule has 0 fully saturated rings.